The summed E-state index contributed by atoms with van der Waals surface area (Å²) in [6.07, 6.45) is 11.6. The summed E-state index contributed by atoms with van der Waals surface area (Å²) in [5, 5.41) is 54.8. The van der Waals surface area contributed by atoms with Gasteiger partial charge in [-0.25, -0.2) is 4.79 Å². The Kier molecular flexibility index (Phi) is 27.5. The summed E-state index contributed by atoms with van der Waals surface area (Å²) < 4.78 is 0. The molecule has 0 radical (unpaired) electrons. The van der Waals surface area contributed by atoms with Crippen LogP contribution >= 0.6 is 0 Å². The predicted molar refractivity (Wildman–Crippen MR) is 154 cm³/mol. The van der Waals surface area contributed by atoms with Gasteiger partial charge in [-0.15, -0.1) is 0 Å². The molecule has 7 N–H and O–H groups in total. The van der Waals surface area contributed by atoms with Gasteiger partial charge in [0, 0.05) is 13.0 Å². The van der Waals surface area contributed by atoms with Gasteiger partial charge in [0.15, 0.2) is 6.10 Å². The van der Waals surface area contributed by atoms with Gasteiger partial charge in [0.2, 0.25) is 5.91 Å². The van der Waals surface area contributed by atoms with Crippen LogP contribution < -0.4 is 5.32 Å². The Labute approximate surface area is 236 Å². The third kappa shape index (κ3) is 26.7. The van der Waals surface area contributed by atoms with Crippen molar-refractivity contribution in [3.8, 4) is 0 Å². The molecule has 10 nitrogen and oxygen atoms in total. The monoisotopic (exact) mass is 564 g/mol. The maximum Gasteiger partial charge on any atom is 0.335 e. The number of nitrogens with zero attached hydrogens (tertiary/aromatic N) is 1. The third-order valence-corrected chi connectivity index (χ3v) is 6.55. The van der Waals surface area contributed by atoms with E-state index in [2.05, 4.69) is 38.2 Å². The van der Waals surface area contributed by atoms with Gasteiger partial charge in [-0.05, 0) is 39.4 Å². The molecular weight excluding hydrogens is 504 g/mol. The average Bonchev–Trinajstić information content (AvgIpc) is 2.89. The van der Waals surface area contributed by atoms with Crippen molar-refractivity contribution in [2.24, 2.45) is 5.92 Å². The standard InChI is InChI=1S/C23H48N2O.C6H12O7/c1-22(2)18-15-13-11-9-7-5-6-8-10-12-14-16-19-23(26)24-20-17-21-25(3)4;7-1-2(8)3(9)4(10)5(11)6(12)13/h22H,5-21H2,1-4H3,(H,24,26);2-5,7-11H,1H2,(H,12,13)/t;2-,3-,4+,5-/m.1/s1. The van der Waals surface area contributed by atoms with Gasteiger partial charge in [0.1, 0.15) is 18.3 Å². The van der Waals surface area contributed by atoms with Crippen LogP contribution in [0.1, 0.15) is 110 Å². The summed E-state index contributed by atoms with van der Waals surface area (Å²) in [7, 11) is 4.13. The van der Waals surface area contributed by atoms with Crippen LogP contribution in [-0.4, -0.2) is 106 Å². The molecule has 0 aromatic carbocycles. The minimum Gasteiger partial charge on any atom is -0.479 e. The molecule has 0 aromatic heterocycles. The molecule has 39 heavy (non-hydrogen) atoms. The van der Waals surface area contributed by atoms with E-state index in [1.807, 2.05) is 0 Å². The fourth-order valence-electron chi connectivity index (χ4n) is 3.99. The van der Waals surface area contributed by atoms with E-state index in [4.69, 9.17) is 30.6 Å². The lowest BCUT2D eigenvalue weighted by molar-refractivity contribution is -0.164. The highest BCUT2D eigenvalue weighted by molar-refractivity contribution is 5.75. The average molecular weight is 565 g/mol. The van der Waals surface area contributed by atoms with Gasteiger partial charge < -0.3 is 40.9 Å². The Balaban J connectivity index is 0. The van der Waals surface area contributed by atoms with Crippen molar-refractivity contribution >= 4 is 11.9 Å². The Morgan fingerprint density at radius 2 is 1.18 bits per heavy atom. The Morgan fingerprint density at radius 1 is 0.718 bits per heavy atom. The molecule has 0 unspecified atom stereocenters. The molecule has 1 amide bonds. The van der Waals surface area contributed by atoms with E-state index < -0.39 is 37.0 Å². The van der Waals surface area contributed by atoms with Gasteiger partial charge in [-0.3, -0.25) is 4.79 Å². The van der Waals surface area contributed by atoms with Crippen molar-refractivity contribution in [2.75, 3.05) is 33.8 Å². The van der Waals surface area contributed by atoms with Crippen LogP contribution in [0.5, 0.6) is 0 Å². The number of carbonyl (C=O) groups excluding carboxylic acids is 1. The molecule has 4 atom stereocenters. The number of aliphatic hydroxyl groups is 5. The number of carboxylic acid groups (broad SMARTS) is 1. The number of aliphatic hydroxyl groups excluding tert-OH is 5. The molecule has 0 saturated heterocycles. The first-order chi connectivity index (χ1) is 18.4. The largest absolute Gasteiger partial charge is 0.479 e. The van der Waals surface area contributed by atoms with Crippen LogP contribution in [0, 0.1) is 5.92 Å². The highest BCUT2D eigenvalue weighted by Gasteiger charge is 2.33. The van der Waals surface area contributed by atoms with Crippen LogP contribution in [0.25, 0.3) is 0 Å². The fourth-order valence-corrected chi connectivity index (χ4v) is 3.99. The van der Waals surface area contributed by atoms with E-state index in [0.29, 0.717) is 6.42 Å². The molecule has 0 bridgehead atoms. The SMILES string of the molecule is CC(C)CCCCCCCCCCCCCCC(=O)NCCCN(C)C.O=C(O)[C@H](O)[C@@H](O)[C@H](O)[C@H](O)CO. The normalized spacial score (nSPS) is 14.4. The minimum atomic E-state index is -2.20. The number of carbonyl (C=O) groups is 2. The van der Waals surface area contributed by atoms with Gasteiger partial charge in [-0.2, -0.15) is 0 Å². The quantitative estimate of drug-likeness (QED) is 0.0871. The van der Waals surface area contributed by atoms with Crippen molar-refractivity contribution in [1.29, 1.82) is 0 Å². The lowest BCUT2D eigenvalue weighted by atomic mass is 10.0. The molecule has 0 rings (SSSR count). The Hall–Kier alpha value is -1.30. The molecule has 10 heteroatoms. The molecule has 0 fully saturated rings. The molecule has 0 aromatic rings. The maximum atomic E-state index is 11.7. The molecular formula is C29H60N2O8. The van der Waals surface area contributed by atoms with Gasteiger partial charge in [0.05, 0.1) is 6.61 Å². The first-order valence-corrected chi connectivity index (χ1v) is 14.9. The number of amides is 1. The number of unbranched alkanes of at least 4 members (excludes halogenated alkanes) is 11. The fraction of sp³-hybridized carbons (Fsp3) is 0.931. The van der Waals surface area contributed by atoms with Gasteiger partial charge in [0.25, 0.3) is 0 Å². The van der Waals surface area contributed by atoms with Crippen molar-refractivity contribution in [2.45, 2.75) is 135 Å². The zero-order chi connectivity index (χ0) is 30.1. The van der Waals surface area contributed by atoms with Crippen molar-refractivity contribution in [1.82, 2.24) is 10.2 Å². The van der Waals surface area contributed by atoms with Crippen molar-refractivity contribution in [3.05, 3.63) is 0 Å². The highest BCUT2D eigenvalue weighted by atomic mass is 16.4. The summed E-state index contributed by atoms with van der Waals surface area (Å²) in [5.74, 6) is -0.619. The topological polar surface area (TPSA) is 171 Å². The van der Waals surface area contributed by atoms with E-state index in [1.165, 1.54) is 77.0 Å². The molecule has 0 aliphatic rings. The van der Waals surface area contributed by atoms with Gasteiger partial charge >= 0.3 is 5.97 Å². The predicted octanol–water partition coefficient (Wildman–Crippen LogP) is 2.68. The summed E-state index contributed by atoms with van der Waals surface area (Å²) in [4.78, 5) is 23.9. The number of hydrogen-bond donors (Lipinski definition) is 7. The molecule has 0 aliphatic heterocycles. The lowest BCUT2D eigenvalue weighted by Crippen LogP contribution is -2.48. The zero-order valence-corrected chi connectivity index (χ0v) is 25.1. The van der Waals surface area contributed by atoms with E-state index >= 15 is 0 Å². The molecule has 0 saturated carbocycles. The summed E-state index contributed by atoms with van der Waals surface area (Å²) >= 11 is 0. The van der Waals surface area contributed by atoms with E-state index in [0.717, 1.165) is 31.8 Å². The Bertz CT molecular complexity index is 577. The second-order valence-corrected chi connectivity index (χ2v) is 11.2. The van der Waals surface area contributed by atoms with Crippen molar-refractivity contribution < 1.29 is 40.2 Å². The molecule has 234 valence electrons. The number of nitrogens with one attached hydrogen (secondary N) is 1. The molecule has 0 aliphatic carbocycles. The second kappa shape index (κ2) is 26.9. The van der Waals surface area contributed by atoms with Crippen LogP contribution in [0.15, 0.2) is 0 Å². The number of rotatable bonds is 24. The number of carboxylic acids is 1. The Morgan fingerprint density at radius 3 is 1.59 bits per heavy atom. The zero-order valence-electron chi connectivity index (χ0n) is 25.1. The summed E-state index contributed by atoms with van der Waals surface area (Å²) in [6, 6.07) is 0. The smallest absolute Gasteiger partial charge is 0.335 e. The first kappa shape index (κ1) is 39.8. The van der Waals surface area contributed by atoms with Gasteiger partial charge in [-0.1, -0.05) is 90.9 Å². The summed E-state index contributed by atoms with van der Waals surface area (Å²) in [5.41, 5.74) is 0. The van der Waals surface area contributed by atoms with E-state index in [1.54, 1.807) is 0 Å². The molecule has 0 spiro atoms. The van der Waals surface area contributed by atoms with Crippen LogP contribution in [0.3, 0.4) is 0 Å². The van der Waals surface area contributed by atoms with E-state index in [9.17, 15) is 9.59 Å². The van der Waals surface area contributed by atoms with Crippen LogP contribution in [-0.2, 0) is 9.59 Å². The minimum absolute atomic E-state index is 0.233. The van der Waals surface area contributed by atoms with Crippen molar-refractivity contribution in [3.63, 3.8) is 0 Å². The number of aliphatic carboxylic acids is 1. The maximum absolute atomic E-state index is 11.7. The lowest BCUT2D eigenvalue weighted by Gasteiger charge is -2.23. The van der Waals surface area contributed by atoms with E-state index in [-0.39, 0.29) is 5.91 Å². The highest BCUT2D eigenvalue weighted by Crippen LogP contribution is 2.14. The first-order valence-electron chi connectivity index (χ1n) is 14.9. The third-order valence-electron chi connectivity index (χ3n) is 6.55. The summed E-state index contributed by atoms with van der Waals surface area (Å²) in [6.45, 7) is 5.66. The second-order valence-electron chi connectivity index (χ2n) is 11.2. The van der Waals surface area contributed by atoms with Crippen LogP contribution in [0.4, 0.5) is 0 Å². The number of hydrogen-bond acceptors (Lipinski definition) is 8. The van der Waals surface area contributed by atoms with Crippen LogP contribution in [0.2, 0.25) is 0 Å². The molecule has 0 heterocycles.